The lowest BCUT2D eigenvalue weighted by molar-refractivity contribution is 0.0914. The van der Waals surface area contributed by atoms with E-state index in [1.165, 1.54) is 0 Å². The van der Waals surface area contributed by atoms with Gasteiger partial charge in [0.1, 0.15) is 11.4 Å². The third-order valence-electron chi connectivity index (χ3n) is 3.42. The Hall–Kier alpha value is -3.08. The molecule has 5 heteroatoms. The van der Waals surface area contributed by atoms with E-state index in [-0.39, 0.29) is 11.7 Å². The Balaban J connectivity index is 1.67. The summed E-state index contributed by atoms with van der Waals surface area (Å²) in [5.41, 5.74) is 2.49. The average Bonchev–Trinajstić information content (AvgIpc) is 3.11. The summed E-state index contributed by atoms with van der Waals surface area (Å²) in [6.07, 6.45) is 0. The molecule has 0 saturated heterocycles. The largest absolute Gasteiger partial charge is 0.497 e. The van der Waals surface area contributed by atoms with Crippen LogP contribution in [0.3, 0.4) is 0 Å². The fourth-order valence-corrected chi connectivity index (χ4v) is 2.15. The predicted octanol–water partition coefficient (Wildman–Crippen LogP) is 3.28. The van der Waals surface area contributed by atoms with E-state index in [0.717, 1.165) is 16.9 Å². The van der Waals surface area contributed by atoms with Crippen LogP contribution in [0.15, 0.2) is 65.2 Å². The van der Waals surface area contributed by atoms with Crippen LogP contribution < -0.4 is 10.1 Å². The molecular weight excluding hydrogens is 292 g/mol. The smallest absolute Gasteiger partial charge is 0.290 e. The molecule has 3 rings (SSSR count). The second-order valence-corrected chi connectivity index (χ2v) is 4.97. The molecule has 3 aromatic rings. The number of hydrogen-bond donors (Lipinski definition) is 1. The van der Waals surface area contributed by atoms with Crippen LogP contribution in [0.2, 0.25) is 0 Å². The molecule has 0 unspecified atom stereocenters. The molecule has 0 aliphatic carbocycles. The van der Waals surface area contributed by atoms with Gasteiger partial charge in [-0.05, 0) is 29.8 Å². The van der Waals surface area contributed by atoms with Crippen molar-refractivity contribution in [2.45, 2.75) is 6.54 Å². The molecular formula is C18H16N2O3. The number of carbonyl (C=O) groups excluding carboxylic acids is 1. The summed E-state index contributed by atoms with van der Waals surface area (Å²) in [7, 11) is 1.61. The highest BCUT2D eigenvalue weighted by Crippen LogP contribution is 2.22. The third-order valence-corrected chi connectivity index (χ3v) is 3.42. The van der Waals surface area contributed by atoms with E-state index in [1.807, 2.05) is 54.6 Å². The molecule has 1 N–H and O–H groups in total. The van der Waals surface area contributed by atoms with Gasteiger partial charge in [-0.15, -0.1) is 0 Å². The van der Waals surface area contributed by atoms with Gasteiger partial charge < -0.3 is 14.6 Å². The Morgan fingerprint density at radius 1 is 1.13 bits per heavy atom. The molecule has 0 aliphatic rings. The highest BCUT2D eigenvalue weighted by Gasteiger charge is 2.13. The van der Waals surface area contributed by atoms with Gasteiger partial charge in [0.25, 0.3) is 5.91 Å². The van der Waals surface area contributed by atoms with Crippen molar-refractivity contribution in [1.82, 2.24) is 10.5 Å². The zero-order chi connectivity index (χ0) is 16.1. The molecule has 0 spiro atoms. The van der Waals surface area contributed by atoms with Crippen LogP contribution in [0.5, 0.6) is 5.75 Å². The number of rotatable bonds is 5. The van der Waals surface area contributed by atoms with Gasteiger partial charge >= 0.3 is 0 Å². The Kier molecular flexibility index (Phi) is 4.38. The topological polar surface area (TPSA) is 64.4 Å². The molecule has 1 aromatic heterocycles. The van der Waals surface area contributed by atoms with Crippen molar-refractivity contribution >= 4 is 5.91 Å². The zero-order valence-corrected chi connectivity index (χ0v) is 12.7. The van der Waals surface area contributed by atoms with Crippen LogP contribution in [0.4, 0.5) is 0 Å². The number of ether oxygens (including phenoxy) is 1. The lowest BCUT2D eigenvalue weighted by atomic mass is 10.1. The average molecular weight is 308 g/mol. The summed E-state index contributed by atoms with van der Waals surface area (Å²) in [6, 6.07) is 18.7. The summed E-state index contributed by atoms with van der Waals surface area (Å²) in [6.45, 7) is 0.443. The molecule has 1 amide bonds. The predicted molar refractivity (Wildman–Crippen MR) is 86.1 cm³/mol. The van der Waals surface area contributed by atoms with Crippen LogP contribution >= 0.6 is 0 Å². The van der Waals surface area contributed by atoms with Gasteiger partial charge in [-0.2, -0.15) is 0 Å². The Bertz CT molecular complexity index is 780. The van der Waals surface area contributed by atoms with E-state index in [9.17, 15) is 4.79 Å². The zero-order valence-electron chi connectivity index (χ0n) is 12.7. The van der Waals surface area contributed by atoms with Gasteiger partial charge in [-0.1, -0.05) is 35.5 Å². The molecule has 23 heavy (non-hydrogen) atoms. The van der Waals surface area contributed by atoms with E-state index in [1.54, 1.807) is 13.2 Å². The normalized spacial score (nSPS) is 10.3. The number of aromatic nitrogens is 1. The van der Waals surface area contributed by atoms with Crippen LogP contribution in [-0.4, -0.2) is 18.2 Å². The van der Waals surface area contributed by atoms with Gasteiger partial charge in [0.15, 0.2) is 0 Å². The highest BCUT2D eigenvalue weighted by atomic mass is 16.5. The Morgan fingerprint density at radius 3 is 2.57 bits per heavy atom. The van der Waals surface area contributed by atoms with Crippen molar-refractivity contribution in [3.05, 3.63) is 72.0 Å². The van der Waals surface area contributed by atoms with E-state index in [4.69, 9.17) is 9.26 Å². The number of amides is 1. The quantitative estimate of drug-likeness (QED) is 0.785. The number of nitrogens with zero attached hydrogens (tertiary/aromatic N) is 1. The lowest BCUT2D eigenvalue weighted by Crippen LogP contribution is -2.22. The number of nitrogens with one attached hydrogen (secondary N) is 1. The van der Waals surface area contributed by atoms with Gasteiger partial charge in [0.2, 0.25) is 5.76 Å². The fraction of sp³-hybridized carbons (Fsp3) is 0.111. The minimum atomic E-state index is -0.291. The first kappa shape index (κ1) is 14.8. The van der Waals surface area contributed by atoms with Crippen molar-refractivity contribution < 1.29 is 14.1 Å². The second kappa shape index (κ2) is 6.79. The summed E-state index contributed by atoms with van der Waals surface area (Å²) in [5, 5.41) is 6.75. The maximum Gasteiger partial charge on any atom is 0.290 e. The standard InChI is InChI=1S/C18H16N2O3/c1-22-15-9-7-14(8-10-15)16-11-17(23-20-16)18(21)19-12-13-5-3-2-4-6-13/h2-11H,12H2,1H3,(H,19,21). The molecule has 5 nitrogen and oxygen atoms in total. The number of carbonyl (C=O) groups is 1. The van der Waals surface area contributed by atoms with Crippen molar-refractivity contribution in [3.8, 4) is 17.0 Å². The first-order chi connectivity index (χ1) is 11.3. The summed E-state index contributed by atoms with van der Waals surface area (Å²) < 4.78 is 10.2. The van der Waals surface area contributed by atoms with Crippen LogP contribution in [-0.2, 0) is 6.54 Å². The molecule has 1 heterocycles. The minimum absolute atomic E-state index is 0.187. The van der Waals surface area contributed by atoms with Gasteiger partial charge in [0.05, 0.1) is 7.11 Å². The van der Waals surface area contributed by atoms with Gasteiger partial charge in [-0.3, -0.25) is 4.79 Å². The van der Waals surface area contributed by atoms with E-state index in [0.29, 0.717) is 12.2 Å². The summed E-state index contributed by atoms with van der Waals surface area (Å²) in [4.78, 5) is 12.1. The minimum Gasteiger partial charge on any atom is -0.497 e. The molecule has 0 radical (unpaired) electrons. The molecule has 0 atom stereocenters. The number of benzene rings is 2. The molecule has 116 valence electrons. The lowest BCUT2D eigenvalue weighted by Gasteiger charge is -2.02. The fourth-order valence-electron chi connectivity index (χ4n) is 2.15. The van der Waals surface area contributed by atoms with Gasteiger partial charge in [-0.25, -0.2) is 0 Å². The van der Waals surface area contributed by atoms with Crippen LogP contribution in [0.25, 0.3) is 11.3 Å². The van der Waals surface area contributed by atoms with Crippen molar-refractivity contribution in [3.63, 3.8) is 0 Å². The molecule has 0 saturated carbocycles. The van der Waals surface area contributed by atoms with E-state index >= 15 is 0 Å². The first-order valence-electron chi connectivity index (χ1n) is 7.19. The number of hydrogen-bond acceptors (Lipinski definition) is 4. The summed E-state index contributed by atoms with van der Waals surface area (Å²) >= 11 is 0. The Morgan fingerprint density at radius 2 is 1.87 bits per heavy atom. The molecule has 0 aliphatic heterocycles. The SMILES string of the molecule is COc1ccc(-c2cc(C(=O)NCc3ccccc3)on2)cc1. The van der Waals surface area contributed by atoms with E-state index < -0.39 is 0 Å². The second-order valence-electron chi connectivity index (χ2n) is 4.97. The van der Waals surface area contributed by atoms with Gasteiger partial charge in [0, 0.05) is 18.2 Å². The van der Waals surface area contributed by atoms with Crippen molar-refractivity contribution in [2.24, 2.45) is 0 Å². The summed E-state index contributed by atoms with van der Waals surface area (Å²) in [5.74, 6) is 0.658. The molecule has 0 fully saturated rings. The monoisotopic (exact) mass is 308 g/mol. The van der Waals surface area contributed by atoms with Crippen molar-refractivity contribution in [2.75, 3.05) is 7.11 Å². The van der Waals surface area contributed by atoms with E-state index in [2.05, 4.69) is 10.5 Å². The molecule has 2 aromatic carbocycles. The maximum atomic E-state index is 12.1. The van der Waals surface area contributed by atoms with Crippen LogP contribution in [0.1, 0.15) is 16.1 Å². The number of methoxy groups -OCH3 is 1. The molecule has 0 bridgehead atoms. The highest BCUT2D eigenvalue weighted by molar-refractivity contribution is 5.92. The van der Waals surface area contributed by atoms with Crippen LogP contribution in [0, 0.1) is 0 Å². The maximum absolute atomic E-state index is 12.1. The van der Waals surface area contributed by atoms with Crippen molar-refractivity contribution in [1.29, 1.82) is 0 Å². The Labute approximate surface area is 133 Å². The first-order valence-corrected chi connectivity index (χ1v) is 7.19. The third kappa shape index (κ3) is 3.58.